The highest BCUT2D eigenvalue weighted by molar-refractivity contribution is 6.06. The fraction of sp³-hybridized carbons (Fsp3) is 0.200. The Hall–Kier alpha value is -3.00. The van der Waals surface area contributed by atoms with Gasteiger partial charge in [0.1, 0.15) is 0 Å². The van der Waals surface area contributed by atoms with E-state index in [2.05, 4.69) is 0 Å². The molecule has 1 atom stereocenters. The summed E-state index contributed by atoms with van der Waals surface area (Å²) >= 11 is 0. The quantitative estimate of drug-likeness (QED) is 0.795. The lowest BCUT2D eigenvalue weighted by Gasteiger charge is -2.21. The first-order valence-corrected chi connectivity index (χ1v) is 6.85. The fourth-order valence-electron chi connectivity index (χ4n) is 2.32. The van der Waals surface area contributed by atoms with Crippen LogP contribution in [0.4, 0.5) is 5.69 Å². The zero-order valence-electron chi connectivity index (χ0n) is 11.8. The van der Waals surface area contributed by atoms with Gasteiger partial charge >= 0.3 is 5.97 Å². The van der Waals surface area contributed by atoms with Crippen LogP contribution in [0.1, 0.15) is 23.2 Å². The van der Waals surface area contributed by atoms with Gasteiger partial charge < -0.3 is 9.94 Å². The number of hydrogen-bond acceptors (Lipinski definition) is 6. The maximum atomic E-state index is 12.1. The number of nitrogens with zero attached hydrogens (tertiary/aromatic N) is 2. The molecule has 3 rings (SSSR count). The van der Waals surface area contributed by atoms with Gasteiger partial charge in [-0.1, -0.05) is 6.07 Å². The van der Waals surface area contributed by atoms with Gasteiger partial charge in [-0.2, -0.15) is 0 Å². The lowest BCUT2D eigenvalue weighted by atomic mass is 10.2. The Kier molecular flexibility index (Phi) is 3.67. The van der Waals surface area contributed by atoms with Crippen molar-refractivity contribution in [2.75, 3.05) is 4.90 Å². The van der Waals surface area contributed by atoms with E-state index < -0.39 is 29.9 Å². The lowest BCUT2D eigenvalue weighted by molar-refractivity contribution is -0.172. The number of amides is 3. The molecule has 0 aromatic heterocycles. The van der Waals surface area contributed by atoms with Crippen LogP contribution in [0.15, 0.2) is 36.4 Å². The average Bonchev–Trinajstić information content (AvgIpc) is 3.03. The number of aliphatic hydroxyl groups is 1. The molecule has 8 nitrogen and oxygen atoms in total. The number of aliphatic hydroxyl groups excluding tert-OH is 1. The summed E-state index contributed by atoms with van der Waals surface area (Å²) in [6, 6.07) is 5.79. The Bertz CT molecular complexity index is 725. The van der Waals surface area contributed by atoms with E-state index in [1.165, 1.54) is 36.4 Å². The molecule has 1 saturated heterocycles. The van der Waals surface area contributed by atoms with Crippen LogP contribution in [0.25, 0.3) is 0 Å². The minimum absolute atomic E-state index is 0.00624. The molecule has 2 aliphatic heterocycles. The van der Waals surface area contributed by atoms with E-state index >= 15 is 0 Å². The molecule has 1 aromatic rings. The molecular formula is C15H12N2O6. The van der Waals surface area contributed by atoms with Crippen molar-refractivity contribution in [2.24, 2.45) is 0 Å². The molecule has 23 heavy (non-hydrogen) atoms. The SMILES string of the molecule is O=C(ON1C(=O)CCC1=O)c1cccc(N2C(=O)C=CC2O)c1. The highest BCUT2D eigenvalue weighted by Crippen LogP contribution is 2.23. The Morgan fingerprint density at radius 2 is 1.87 bits per heavy atom. The van der Waals surface area contributed by atoms with Gasteiger partial charge in [0.25, 0.3) is 17.7 Å². The normalized spacial score (nSPS) is 20.6. The van der Waals surface area contributed by atoms with Crippen LogP contribution in [0.5, 0.6) is 0 Å². The van der Waals surface area contributed by atoms with Crippen LogP contribution in [-0.4, -0.2) is 40.1 Å². The van der Waals surface area contributed by atoms with Gasteiger partial charge in [-0.15, -0.1) is 5.06 Å². The number of anilines is 1. The second-order valence-corrected chi connectivity index (χ2v) is 4.99. The minimum Gasteiger partial charge on any atom is -0.369 e. The van der Waals surface area contributed by atoms with Gasteiger partial charge in [0, 0.05) is 24.6 Å². The van der Waals surface area contributed by atoms with Gasteiger partial charge in [0.05, 0.1) is 5.56 Å². The smallest absolute Gasteiger partial charge is 0.363 e. The maximum Gasteiger partial charge on any atom is 0.363 e. The molecule has 1 fully saturated rings. The zero-order chi connectivity index (χ0) is 16.6. The number of hydrogen-bond donors (Lipinski definition) is 1. The Morgan fingerprint density at radius 3 is 2.48 bits per heavy atom. The van der Waals surface area contributed by atoms with Gasteiger partial charge in [0.2, 0.25) is 0 Å². The molecule has 0 bridgehead atoms. The van der Waals surface area contributed by atoms with Crippen LogP contribution < -0.4 is 4.90 Å². The van der Waals surface area contributed by atoms with Crippen molar-refractivity contribution in [3.8, 4) is 0 Å². The summed E-state index contributed by atoms with van der Waals surface area (Å²) in [6.07, 6.45) is 1.43. The topological polar surface area (TPSA) is 104 Å². The second-order valence-electron chi connectivity index (χ2n) is 4.99. The first-order chi connectivity index (χ1) is 11.0. The predicted octanol–water partition coefficient (Wildman–Crippen LogP) is 0.129. The molecule has 0 saturated carbocycles. The van der Waals surface area contributed by atoms with Crippen molar-refractivity contribution < 1.29 is 29.1 Å². The summed E-state index contributed by atoms with van der Waals surface area (Å²) in [5.74, 6) is -2.47. The average molecular weight is 316 g/mol. The maximum absolute atomic E-state index is 12.1. The molecule has 2 aliphatic rings. The van der Waals surface area contributed by atoms with Crippen molar-refractivity contribution in [2.45, 2.75) is 19.1 Å². The summed E-state index contributed by atoms with van der Waals surface area (Å²) in [5.41, 5.74) is 0.336. The van der Waals surface area contributed by atoms with Crippen LogP contribution in [0, 0.1) is 0 Å². The number of imide groups is 1. The first kappa shape index (κ1) is 14.9. The third-order valence-electron chi connectivity index (χ3n) is 3.45. The summed E-state index contributed by atoms with van der Waals surface area (Å²) < 4.78 is 0. The van der Waals surface area contributed by atoms with Crippen molar-refractivity contribution in [3.63, 3.8) is 0 Å². The predicted molar refractivity (Wildman–Crippen MR) is 75.6 cm³/mol. The Labute approximate surface area is 130 Å². The van der Waals surface area contributed by atoms with E-state index in [4.69, 9.17) is 4.84 Å². The molecule has 0 radical (unpaired) electrons. The molecule has 8 heteroatoms. The van der Waals surface area contributed by atoms with Crippen molar-refractivity contribution in [1.29, 1.82) is 0 Å². The highest BCUT2D eigenvalue weighted by atomic mass is 16.7. The largest absolute Gasteiger partial charge is 0.369 e. The van der Waals surface area contributed by atoms with Crippen LogP contribution in [0.2, 0.25) is 0 Å². The summed E-state index contributed by atoms with van der Waals surface area (Å²) in [6.45, 7) is 0. The van der Waals surface area contributed by atoms with Gasteiger partial charge in [-0.05, 0) is 24.3 Å². The standard InChI is InChI=1S/C15H12N2O6/c18-11-4-5-12(19)16(11)10-3-1-2-9(8-10)15(22)23-17-13(20)6-7-14(17)21/h1-5,8,11,18H,6-7H2. The minimum atomic E-state index is -1.12. The molecule has 1 N–H and O–H groups in total. The second kappa shape index (κ2) is 5.65. The van der Waals surface area contributed by atoms with E-state index in [1.54, 1.807) is 0 Å². The van der Waals surface area contributed by atoms with E-state index in [9.17, 15) is 24.3 Å². The third-order valence-corrected chi connectivity index (χ3v) is 3.45. The number of rotatable bonds is 3. The number of carbonyl (C=O) groups is 4. The Balaban J connectivity index is 1.80. The fourth-order valence-corrected chi connectivity index (χ4v) is 2.32. The van der Waals surface area contributed by atoms with Crippen LogP contribution >= 0.6 is 0 Å². The first-order valence-electron chi connectivity index (χ1n) is 6.85. The molecule has 118 valence electrons. The van der Waals surface area contributed by atoms with E-state index in [-0.39, 0.29) is 18.4 Å². The van der Waals surface area contributed by atoms with Crippen molar-refractivity contribution >= 4 is 29.4 Å². The van der Waals surface area contributed by atoms with Crippen molar-refractivity contribution in [1.82, 2.24) is 5.06 Å². The van der Waals surface area contributed by atoms with E-state index in [1.807, 2.05) is 0 Å². The summed E-state index contributed by atoms with van der Waals surface area (Å²) in [7, 11) is 0. The van der Waals surface area contributed by atoms with Gasteiger partial charge in [-0.3, -0.25) is 19.3 Å². The van der Waals surface area contributed by atoms with Gasteiger partial charge in [-0.25, -0.2) is 4.79 Å². The zero-order valence-corrected chi connectivity index (χ0v) is 11.8. The number of carbonyl (C=O) groups excluding carboxylic acids is 4. The van der Waals surface area contributed by atoms with E-state index in [0.29, 0.717) is 10.8 Å². The highest BCUT2D eigenvalue weighted by Gasteiger charge is 2.33. The molecule has 1 unspecified atom stereocenters. The molecule has 3 amide bonds. The molecule has 0 spiro atoms. The molecule has 2 heterocycles. The monoisotopic (exact) mass is 316 g/mol. The third kappa shape index (κ3) is 2.71. The summed E-state index contributed by atoms with van der Waals surface area (Å²) in [4.78, 5) is 52.6. The molecular weight excluding hydrogens is 304 g/mol. The van der Waals surface area contributed by atoms with Crippen molar-refractivity contribution in [3.05, 3.63) is 42.0 Å². The van der Waals surface area contributed by atoms with Gasteiger partial charge in [0.15, 0.2) is 6.23 Å². The molecule has 0 aliphatic carbocycles. The summed E-state index contributed by atoms with van der Waals surface area (Å²) in [5, 5.41) is 10.2. The number of benzene rings is 1. The lowest BCUT2D eigenvalue weighted by Crippen LogP contribution is -2.34. The van der Waals surface area contributed by atoms with E-state index in [0.717, 1.165) is 4.90 Å². The Morgan fingerprint density at radius 1 is 1.17 bits per heavy atom. The van der Waals surface area contributed by atoms with Crippen LogP contribution in [-0.2, 0) is 19.2 Å². The number of hydroxylamine groups is 2. The van der Waals surface area contributed by atoms with Crippen LogP contribution in [0.3, 0.4) is 0 Å². The molecule has 1 aromatic carbocycles.